The Kier molecular flexibility index (Phi) is 1.45. The van der Waals surface area contributed by atoms with E-state index in [1.54, 1.807) is 0 Å². The van der Waals surface area contributed by atoms with Gasteiger partial charge in [0.05, 0.1) is 5.69 Å². The second-order valence-electron chi connectivity index (χ2n) is 3.71. The molecule has 1 aromatic rings. The summed E-state index contributed by atoms with van der Waals surface area (Å²) in [5.74, 6) is 0. The highest BCUT2D eigenvalue weighted by molar-refractivity contribution is 5.86. The van der Waals surface area contributed by atoms with Gasteiger partial charge >= 0.3 is 0 Å². The van der Waals surface area contributed by atoms with E-state index < -0.39 is 0 Å². The van der Waals surface area contributed by atoms with E-state index in [-0.39, 0.29) is 0 Å². The molecule has 0 amide bonds. The molecule has 2 nitrogen and oxygen atoms in total. The third kappa shape index (κ3) is 0.909. The number of benzene rings is 1. The van der Waals surface area contributed by atoms with E-state index in [4.69, 9.17) is 5.73 Å². The molecule has 1 aromatic carbocycles. The van der Waals surface area contributed by atoms with Crippen molar-refractivity contribution in [2.24, 2.45) is 5.73 Å². The molecule has 0 aromatic heterocycles. The van der Waals surface area contributed by atoms with Gasteiger partial charge in [-0.3, -0.25) is 0 Å². The fourth-order valence-electron chi connectivity index (χ4n) is 2.16. The van der Waals surface area contributed by atoms with Gasteiger partial charge in [0, 0.05) is 24.4 Å². The Morgan fingerprint density at radius 2 is 2.14 bits per heavy atom. The highest BCUT2D eigenvalue weighted by Gasteiger charge is 2.20. The molecule has 70 valence electrons. The zero-order valence-electron chi connectivity index (χ0n) is 7.90. The van der Waals surface area contributed by atoms with Crippen LogP contribution < -0.4 is 10.6 Å². The molecule has 3 rings (SSSR count). The Bertz CT molecular complexity index is 444. The second-order valence-corrected chi connectivity index (χ2v) is 3.71. The molecular formula is C12H12N2. The first-order valence-corrected chi connectivity index (χ1v) is 4.87. The van der Waals surface area contributed by atoms with Gasteiger partial charge in [0.2, 0.25) is 0 Å². The van der Waals surface area contributed by atoms with E-state index in [1.807, 2.05) is 0 Å². The zero-order chi connectivity index (χ0) is 9.54. The smallest absolute Gasteiger partial charge is 0.0539 e. The fraction of sp³-hybridized carbons (Fsp3) is 0.167. The summed E-state index contributed by atoms with van der Waals surface area (Å²) in [6, 6.07) is 6.30. The first-order chi connectivity index (χ1) is 6.86. The van der Waals surface area contributed by atoms with Crippen LogP contribution >= 0.6 is 0 Å². The fourth-order valence-corrected chi connectivity index (χ4v) is 2.16. The molecule has 0 saturated carbocycles. The van der Waals surface area contributed by atoms with Crippen LogP contribution in [-0.2, 0) is 0 Å². The van der Waals surface area contributed by atoms with Gasteiger partial charge in [-0.25, -0.2) is 0 Å². The van der Waals surface area contributed by atoms with Crippen molar-refractivity contribution in [3.63, 3.8) is 0 Å². The third-order valence-corrected chi connectivity index (χ3v) is 2.85. The lowest BCUT2D eigenvalue weighted by Gasteiger charge is -2.32. The maximum atomic E-state index is 5.97. The highest BCUT2D eigenvalue weighted by atomic mass is 15.1. The summed E-state index contributed by atoms with van der Waals surface area (Å²) in [5.41, 5.74) is 10.6. The predicted molar refractivity (Wildman–Crippen MR) is 59.9 cm³/mol. The molecule has 0 radical (unpaired) electrons. The van der Waals surface area contributed by atoms with Crippen molar-refractivity contribution in [1.29, 1.82) is 0 Å². The summed E-state index contributed by atoms with van der Waals surface area (Å²) in [7, 11) is 0. The molecule has 0 spiro atoms. The summed E-state index contributed by atoms with van der Waals surface area (Å²) < 4.78 is 0. The van der Waals surface area contributed by atoms with Gasteiger partial charge in [-0.2, -0.15) is 0 Å². The Morgan fingerprint density at radius 3 is 3.07 bits per heavy atom. The average Bonchev–Trinajstić information content (AvgIpc) is 2.24. The van der Waals surface area contributed by atoms with Crippen LogP contribution in [0.3, 0.4) is 0 Å². The number of rotatable bonds is 0. The first kappa shape index (κ1) is 7.68. The molecule has 14 heavy (non-hydrogen) atoms. The van der Waals surface area contributed by atoms with E-state index in [0.717, 1.165) is 18.8 Å². The van der Waals surface area contributed by atoms with Crippen LogP contribution in [0.1, 0.15) is 11.1 Å². The molecule has 0 aliphatic carbocycles. The van der Waals surface area contributed by atoms with Gasteiger partial charge in [0.1, 0.15) is 0 Å². The molecule has 0 unspecified atom stereocenters. The standard InChI is InChI=1S/C12H12N2/c13-11-6-8-14-7-2-4-9-3-1-5-10(11)12(9)14/h1-6H,7-8,13H2. The van der Waals surface area contributed by atoms with Gasteiger partial charge in [0.15, 0.2) is 0 Å². The van der Waals surface area contributed by atoms with E-state index in [2.05, 4.69) is 41.3 Å². The Labute approximate surface area is 83.3 Å². The number of hydrogen-bond donors (Lipinski definition) is 1. The van der Waals surface area contributed by atoms with Crippen LogP contribution in [0.15, 0.2) is 30.4 Å². The van der Waals surface area contributed by atoms with E-state index in [0.29, 0.717) is 0 Å². The molecule has 2 aliphatic heterocycles. The van der Waals surface area contributed by atoms with Crippen molar-refractivity contribution in [2.45, 2.75) is 0 Å². The minimum Gasteiger partial charge on any atom is -0.398 e. The lowest BCUT2D eigenvalue weighted by molar-refractivity contribution is 0.930. The van der Waals surface area contributed by atoms with Crippen molar-refractivity contribution < 1.29 is 0 Å². The summed E-state index contributed by atoms with van der Waals surface area (Å²) >= 11 is 0. The van der Waals surface area contributed by atoms with E-state index in [1.165, 1.54) is 16.8 Å². The van der Waals surface area contributed by atoms with Crippen molar-refractivity contribution >= 4 is 17.5 Å². The normalized spacial score (nSPS) is 17.7. The molecule has 0 saturated heterocycles. The third-order valence-electron chi connectivity index (χ3n) is 2.85. The van der Waals surface area contributed by atoms with Crippen LogP contribution in [0.4, 0.5) is 5.69 Å². The molecular weight excluding hydrogens is 172 g/mol. The lowest BCUT2D eigenvalue weighted by atomic mass is 9.97. The average molecular weight is 184 g/mol. The second kappa shape index (κ2) is 2.64. The van der Waals surface area contributed by atoms with Crippen molar-refractivity contribution in [3.8, 4) is 0 Å². The minimum absolute atomic E-state index is 0.911. The van der Waals surface area contributed by atoms with Crippen molar-refractivity contribution in [1.82, 2.24) is 0 Å². The van der Waals surface area contributed by atoms with Crippen LogP contribution in [0.2, 0.25) is 0 Å². The molecule has 0 fully saturated rings. The quantitative estimate of drug-likeness (QED) is 0.666. The van der Waals surface area contributed by atoms with E-state index in [9.17, 15) is 0 Å². The number of para-hydroxylation sites is 1. The van der Waals surface area contributed by atoms with Gasteiger partial charge in [-0.15, -0.1) is 0 Å². The van der Waals surface area contributed by atoms with Crippen LogP contribution in [0.25, 0.3) is 11.8 Å². The Hall–Kier alpha value is -1.70. The summed E-state index contributed by atoms with van der Waals surface area (Å²) in [6.07, 6.45) is 6.46. The lowest BCUT2D eigenvalue weighted by Crippen LogP contribution is -2.30. The topological polar surface area (TPSA) is 29.3 Å². The van der Waals surface area contributed by atoms with Gasteiger partial charge in [-0.1, -0.05) is 30.4 Å². The van der Waals surface area contributed by atoms with Gasteiger partial charge in [-0.05, 0) is 11.6 Å². The number of anilines is 1. The Balaban J connectivity index is 2.31. The van der Waals surface area contributed by atoms with Crippen molar-refractivity contribution in [2.75, 3.05) is 18.0 Å². The van der Waals surface area contributed by atoms with Crippen LogP contribution in [0.5, 0.6) is 0 Å². The molecule has 2 N–H and O–H groups in total. The largest absolute Gasteiger partial charge is 0.398 e. The number of nitrogens with zero attached hydrogens (tertiary/aromatic N) is 1. The molecule has 2 aliphatic rings. The summed E-state index contributed by atoms with van der Waals surface area (Å²) in [4.78, 5) is 2.35. The SMILES string of the molecule is NC1=CCN2CC=Cc3cccc1c32. The predicted octanol–water partition coefficient (Wildman–Crippen LogP) is 1.83. The number of hydrogen-bond acceptors (Lipinski definition) is 2. The molecule has 0 atom stereocenters. The number of nitrogens with two attached hydrogens (primary N) is 1. The molecule has 2 heterocycles. The monoisotopic (exact) mass is 184 g/mol. The maximum Gasteiger partial charge on any atom is 0.0539 e. The first-order valence-electron chi connectivity index (χ1n) is 4.87. The minimum atomic E-state index is 0.911. The highest BCUT2D eigenvalue weighted by Crippen LogP contribution is 2.35. The summed E-state index contributed by atoms with van der Waals surface area (Å²) in [6.45, 7) is 1.92. The molecule has 0 bridgehead atoms. The van der Waals surface area contributed by atoms with Crippen molar-refractivity contribution in [3.05, 3.63) is 41.5 Å². The van der Waals surface area contributed by atoms with E-state index >= 15 is 0 Å². The Morgan fingerprint density at radius 1 is 1.21 bits per heavy atom. The van der Waals surface area contributed by atoms with Gasteiger partial charge < -0.3 is 10.6 Å². The van der Waals surface area contributed by atoms with Crippen LogP contribution in [0, 0.1) is 0 Å². The summed E-state index contributed by atoms with van der Waals surface area (Å²) in [5, 5.41) is 0. The van der Waals surface area contributed by atoms with Gasteiger partial charge in [0.25, 0.3) is 0 Å². The molecule has 2 heteroatoms. The maximum absolute atomic E-state index is 5.97. The van der Waals surface area contributed by atoms with Crippen LogP contribution in [-0.4, -0.2) is 13.1 Å². The zero-order valence-corrected chi connectivity index (χ0v) is 7.90.